The van der Waals surface area contributed by atoms with E-state index in [0.717, 1.165) is 26.9 Å². The Kier molecular flexibility index (Phi) is 3.20. The SMILES string of the molecule is N#CCCSC1=C[N]c2ccc(Cl)cc21. The highest BCUT2D eigenvalue weighted by Gasteiger charge is 2.15. The normalized spacial score (nSPS) is 12.7. The molecule has 2 nitrogen and oxygen atoms in total. The molecule has 0 aliphatic carbocycles. The first-order valence-electron chi connectivity index (χ1n) is 4.52. The van der Waals surface area contributed by atoms with Crippen molar-refractivity contribution in [1.82, 2.24) is 5.32 Å². The molecule has 1 aliphatic rings. The zero-order chi connectivity index (χ0) is 10.7. The van der Waals surface area contributed by atoms with Gasteiger partial charge in [-0.2, -0.15) is 5.26 Å². The van der Waals surface area contributed by atoms with E-state index >= 15 is 0 Å². The van der Waals surface area contributed by atoms with Crippen LogP contribution in [0.25, 0.3) is 4.91 Å². The van der Waals surface area contributed by atoms with E-state index in [2.05, 4.69) is 11.4 Å². The third-order valence-corrected chi connectivity index (χ3v) is 3.30. The molecule has 0 aromatic heterocycles. The van der Waals surface area contributed by atoms with Crippen LogP contribution in [0.2, 0.25) is 5.02 Å². The summed E-state index contributed by atoms with van der Waals surface area (Å²) in [6, 6.07) is 7.78. The van der Waals surface area contributed by atoms with Crippen molar-refractivity contribution in [1.29, 1.82) is 5.26 Å². The summed E-state index contributed by atoms with van der Waals surface area (Å²) < 4.78 is 0. The van der Waals surface area contributed by atoms with Gasteiger partial charge in [0.2, 0.25) is 0 Å². The van der Waals surface area contributed by atoms with Gasteiger partial charge in [0.15, 0.2) is 0 Å². The number of nitriles is 1. The highest BCUT2D eigenvalue weighted by molar-refractivity contribution is 8.08. The quantitative estimate of drug-likeness (QED) is 0.752. The molecule has 0 bridgehead atoms. The Morgan fingerprint density at radius 3 is 3.13 bits per heavy atom. The maximum absolute atomic E-state index is 8.45. The molecule has 1 radical (unpaired) electrons. The van der Waals surface area contributed by atoms with Crippen molar-refractivity contribution in [2.45, 2.75) is 6.42 Å². The van der Waals surface area contributed by atoms with Crippen molar-refractivity contribution in [3.8, 4) is 6.07 Å². The van der Waals surface area contributed by atoms with Crippen molar-refractivity contribution in [2.75, 3.05) is 5.75 Å². The highest BCUT2D eigenvalue weighted by Crippen LogP contribution is 2.38. The van der Waals surface area contributed by atoms with Crippen LogP contribution < -0.4 is 5.32 Å². The van der Waals surface area contributed by atoms with E-state index < -0.39 is 0 Å². The Bertz CT molecular complexity index is 448. The summed E-state index contributed by atoms with van der Waals surface area (Å²) in [6.45, 7) is 0. The van der Waals surface area contributed by atoms with E-state index in [4.69, 9.17) is 16.9 Å². The van der Waals surface area contributed by atoms with Gasteiger partial charge in [0, 0.05) is 33.9 Å². The number of benzene rings is 1. The first-order valence-corrected chi connectivity index (χ1v) is 5.88. The summed E-state index contributed by atoms with van der Waals surface area (Å²) in [5, 5.41) is 13.4. The van der Waals surface area contributed by atoms with Crippen molar-refractivity contribution >= 4 is 34.0 Å². The van der Waals surface area contributed by atoms with E-state index in [-0.39, 0.29) is 0 Å². The maximum Gasteiger partial charge on any atom is 0.0715 e. The molecule has 4 heteroatoms. The molecule has 0 spiro atoms. The monoisotopic (exact) mass is 235 g/mol. The van der Waals surface area contributed by atoms with Crippen LogP contribution in [-0.2, 0) is 0 Å². The summed E-state index contributed by atoms with van der Waals surface area (Å²) in [7, 11) is 0. The second-order valence-corrected chi connectivity index (χ2v) is 4.61. The highest BCUT2D eigenvalue weighted by atomic mass is 35.5. The van der Waals surface area contributed by atoms with Gasteiger partial charge in [0.25, 0.3) is 0 Å². The number of thioether (sulfide) groups is 1. The van der Waals surface area contributed by atoms with Crippen LogP contribution in [0.5, 0.6) is 0 Å². The summed E-state index contributed by atoms with van der Waals surface area (Å²) in [5.41, 5.74) is 2.03. The molecule has 1 heterocycles. The lowest BCUT2D eigenvalue weighted by atomic mass is 10.2. The molecule has 0 amide bonds. The van der Waals surface area contributed by atoms with E-state index in [1.807, 2.05) is 24.4 Å². The molecule has 75 valence electrons. The Balaban J connectivity index is 2.12. The third-order valence-electron chi connectivity index (χ3n) is 2.02. The average Bonchev–Trinajstić information content (AvgIpc) is 2.62. The van der Waals surface area contributed by atoms with Gasteiger partial charge in [0.1, 0.15) is 0 Å². The number of nitrogens with zero attached hydrogens (tertiary/aromatic N) is 2. The van der Waals surface area contributed by atoms with Crippen LogP contribution >= 0.6 is 23.4 Å². The minimum Gasteiger partial charge on any atom is -0.255 e. The lowest BCUT2D eigenvalue weighted by molar-refractivity contribution is 1.22. The van der Waals surface area contributed by atoms with Crippen LogP contribution in [0.1, 0.15) is 12.0 Å². The molecule has 0 unspecified atom stereocenters. The smallest absolute Gasteiger partial charge is 0.0715 e. The number of fused-ring (bicyclic) bond motifs is 1. The number of rotatable bonds is 3. The molecule has 1 aliphatic heterocycles. The zero-order valence-electron chi connectivity index (χ0n) is 7.90. The lowest BCUT2D eigenvalue weighted by Crippen LogP contribution is -1.81. The molecule has 1 aromatic rings. The number of hydrogen-bond acceptors (Lipinski definition) is 2. The number of hydrogen-bond donors (Lipinski definition) is 0. The summed E-state index contributed by atoms with van der Waals surface area (Å²) in [4.78, 5) is 1.10. The predicted molar refractivity (Wildman–Crippen MR) is 63.9 cm³/mol. The predicted octanol–water partition coefficient (Wildman–Crippen LogP) is 3.53. The van der Waals surface area contributed by atoms with Gasteiger partial charge in [-0.3, -0.25) is 5.32 Å². The first kappa shape index (κ1) is 10.4. The van der Waals surface area contributed by atoms with Gasteiger partial charge >= 0.3 is 0 Å². The molecule has 0 N–H and O–H groups in total. The van der Waals surface area contributed by atoms with Gasteiger partial charge in [-0.1, -0.05) is 11.6 Å². The van der Waals surface area contributed by atoms with Gasteiger partial charge in [-0.05, 0) is 18.2 Å². The fourth-order valence-electron chi connectivity index (χ4n) is 1.34. The molecular formula is C11H8ClN2S. The summed E-state index contributed by atoms with van der Waals surface area (Å²) >= 11 is 7.57. The van der Waals surface area contributed by atoms with Crippen molar-refractivity contribution in [3.05, 3.63) is 35.0 Å². The Labute approximate surface area is 97.9 Å². The van der Waals surface area contributed by atoms with Gasteiger partial charge in [0.05, 0.1) is 11.8 Å². The Morgan fingerprint density at radius 1 is 1.47 bits per heavy atom. The van der Waals surface area contributed by atoms with Crippen molar-refractivity contribution < 1.29 is 0 Å². The molecule has 0 atom stereocenters. The van der Waals surface area contributed by atoms with Gasteiger partial charge < -0.3 is 0 Å². The third kappa shape index (κ3) is 2.28. The molecule has 0 saturated carbocycles. The van der Waals surface area contributed by atoms with Crippen LogP contribution in [0.4, 0.5) is 5.69 Å². The Morgan fingerprint density at radius 2 is 2.33 bits per heavy atom. The van der Waals surface area contributed by atoms with E-state index in [0.29, 0.717) is 6.42 Å². The van der Waals surface area contributed by atoms with E-state index in [1.54, 1.807) is 11.8 Å². The average molecular weight is 236 g/mol. The van der Waals surface area contributed by atoms with Crippen LogP contribution in [-0.4, -0.2) is 5.75 Å². The topological polar surface area (TPSA) is 37.9 Å². The van der Waals surface area contributed by atoms with Crippen LogP contribution in [0.3, 0.4) is 0 Å². The van der Waals surface area contributed by atoms with Crippen molar-refractivity contribution in [3.63, 3.8) is 0 Å². The molecule has 0 saturated heterocycles. The minimum absolute atomic E-state index is 0.553. The molecule has 0 fully saturated rings. The second-order valence-electron chi connectivity index (χ2n) is 3.04. The first-order chi connectivity index (χ1) is 7.31. The second kappa shape index (κ2) is 4.61. The maximum atomic E-state index is 8.45. The standard InChI is InChI=1S/C11H8ClN2S/c12-8-2-3-10-9(6-8)11(7-14-10)15-5-1-4-13/h2-3,6-7H,1,5H2. The molecule has 1 aromatic carbocycles. The molecular weight excluding hydrogens is 228 g/mol. The van der Waals surface area contributed by atoms with E-state index in [1.165, 1.54) is 0 Å². The van der Waals surface area contributed by atoms with Crippen molar-refractivity contribution in [2.24, 2.45) is 0 Å². The summed E-state index contributed by atoms with van der Waals surface area (Å²) in [6.07, 6.45) is 2.39. The number of halogens is 1. The van der Waals surface area contributed by atoms with E-state index in [9.17, 15) is 0 Å². The van der Waals surface area contributed by atoms with Gasteiger partial charge in [-0.25, -0.2) is 0 Å². The van der Waals surface area contributed by atoms with Crippen LogP contribution in [0.15, 0.2) is 24.4 Å². The largest absolute Gasteiger partial charge is 0.255 e. The van der Waals surface area contributed by atoms with Gasteiger partial charge in [-0.15, -0.1) is 11.8 Å². The zero-order valence-corrected chi connectivity index (χ0v) is 9.48. The fraction of sp³-hybridized carbons (Fsp3) is 0.182. The molecule has 2 rings (SSSR count). The fourth-order valence-corrected chi connectivity index (χ4v) is 2.37. The Hall–Kier alpha value is -1.11. The summed E-state index contributed by atoms with van der Waals surface area (Å²) in [5.74, 6) is 0.795. The minimum atomic E-state index is 0.553. The van der Waals surface area contributed by atoms with Crippen LogP contribution in [0, 0.1) is 11.3 Å². The molecule has 15 heavy (non-hydrogen) atoms. The lowest BCUT2D eigenvalue weighted by Gasteiger charge is -2.02.